The van der Waals surface area contributed by atoms with Gasteiger partial charge in [-0.25, -0.2) is 13.6 Å². The van der Waals surface area contributed by atoms with Crippen molar-refractivity contribution in [3.8, 4) is 0 Å². The molecule has 1 aliphatic rings. The van der Waals surface area contributed by atoms with Crippen LogP contribution < -0.4 is 0 Å². The van der Waals surface area contributed by atoms with E-state index in [0.717, 1.165) is 17.0 Å². The summed E-state index contributed by atoms with van der Waals surface area (Å²) in [7, 11) is 0. The number of rotatable bonds is 3. The van der Waals surface area contributed by atoms with Crippen LogP contribution in [0.3, 0.4) is 0 Å². The largest absolute Gasteiger partial charge is 0.459 e. The molecule has 33 heavy (non-hydrogen) atoms. The Morgan fingerprint density at radius 3 is 2.36 bits per heavy atom. The van der Waals surface area contributed by atoms with E-state index >= 15 is 0 Å². The number of carbonyl (C=O) groups excluding carboxylic acids is 2. The fourth-order valence-electron chi connectivity index (χ4n) is 3.72. The number of nitrogens with zero attached hydrogens (tertiary/aromatic N) is 2. The maximum absolute atomic E-state index is 13.8. The molecular weight excluding hydrogens is 449 g/mol. The number of amides is 1. The number of carbonyl (C=O) groups is 2. The first kappa shape index (κ1) is 24.4. The molecule has 0 unspecified atom stereocenters. The number of H-pyrrole nitrogens is 1. The first-order chi connectivity index (χ1) is 15.1. The molecule has 178 valence electrons. The molecule has 0 saturated carbocycles. The van der Waals surface area contributed by atoms with Gasteiger partial charge < -0.3 is 9.64 Å². The van der Waals surface area contributed by atoms with E-state index in [1.165, 1.54) is 20.8 Å². The highest BCUT2D eigenvalue weighted by molar-refractivity contribution is 6.19. The number of allylic oxidation sites excluding steroid dienone is 1. The van der Waals surface area contributed by atoms with E-state index in [2.05, 4.69) is 10.2 Å². The van der Waals surface area contributed by atoms with Gasteiger partial charge in [-0.1, -0.05) is 13.8 Å². The minimum Gasteiger partial charge on any atom is -0.459 e. The molecule has 2 aromatic rings. The molecule has 6 nitrogen and oxygen atoms in total. The van der Waals surface area contributed by atoms with E-state index in [1.807, 2.05) is 0 Å². The average Bonchev–Trinajstić information content (AvgIpc) is 3.10. The zero-order valence-electron chi connectivity index (χ0n) is 18.5. The highest BCUT2D eigenvalue weighted by Crippen LogP contribution is 2.43. The van der Waals surface area contributed by atoms with E-state index in [9.17, 15) is 31.5 Å². The molecule has 0 spiro atoms. The van der Waals surface area contributed by atoms with Crippen LogP contribution in [-0.2, 0) is 21.1 Å². The van der Waals surface area contributed by atoms with Crippen molar-refractivity contribution < 1.29 is 36.3 Å². The van der Waals surface area contributed by atoms with Gasteiger partial charge in [0.1, 0.15) is 0 Å². The average molecular weight is 471 g/mol. The normalized spacial score (nSPS) is 16.0. The van der Waals surface area contributed by atoms with Crippen molar-refractivity contribution >= 4 is 17.4 Å². The molecule has 0 saturated heterocycles. The Kier molecular flexibility index (Phi) is 6.12. The summed E-state index contributed by atoms with van der Waals surface area (Å²) in [6.07, 6.45) is -5.56. The monoisotopic (exact) mass is 471 g/mol. The molecule has 0 atom stereocenters. The number of esters is 1. The molecule has 1 amide bonds. The molecule has 1 aromatic carbocycles. The van der Waals surface area contributed by atoms with Gasteiger partial charge >= 0.3 is 12.1 Å². The summed E-state index contributed by atoms with van der Waals surface area (Å²) in [6, 6.07) is 2.52. The fourth-order valence-corrected chi connectivity index (χ4v) is 3.72. The van der Waals surface area contributed by atoms with Crippen molar-refractivity contribution in [1.82, 2.24) is 15.1 Å². The second-order valence-corrected chi connectivity index (χ2v) is 8.64. The van der Waals surface area contributed by atoms with Crippen LogP contribution in [0, 0.1) is 11.6 Å². The lowest BCUT2D eigenvalue weighted by Crippen LogP contribution is -2.39. The SMILES string of the molecule is CC1=C(C(=O)OC(C)C)c2c(C(F)(F)F)n[nH]c2C(C)(C)CN1C(=O)c1ccc(F)c(F)c1. The van der Waals surface area contributed by atoms with E-state index in [-0.39, 0.29) is 23.5 Å². The van der Waals surface area contributed by atoms with Gasteiger partial charge in [0.15, 0.2) is 17.3 Å². The predicted molar refractivity (Wildman–Crippen MR) is 108 cm³/mol. The number of hydrogen-bond acceptors (Lipinski definition) is 4. The van der Waals surface area contributed by atoms with Gasteiger partial charge in [-0.2, -0.15) is 18.3 Å². The van der Waals surface area contributed by atoms with Crippen LogP contribution in [-0.4, -0.2) is 39.6 Å². The fraction of sp³-hybridized carbons (Fsp3) is 0.409. The predicted octanol–water partition coefficient (Wildman–Crippen LogP) is 4.82. The number of benzene rings is 1. The number of fused-ring (bicyclic) bond motifs is 1. The number of halogens is 5. The Bertz CT molecular complexity index is 1150. The smallest absolute Gasteiger partial charge is 0.435 e. The topological polar surface area (TPSA) is 75.3 Å². The second kappa shape index (κ2) is 8.27. The second-order valence-electron chi connectivity index (χ2n) is 8.64. The van der Waals surface area contributed by atoms with E-state index in [1.54, 1.807) is 13.8 Å². The number of nitrogens with one attached hydrogen (secondary N) is 1. The molecule has 11 heteroatoms. The molecule has 0 radical (unpaired) electrons. The van der Waals surface area contributed by atoms with Crippen LogP contribution in [0.5, 0.6) is 0 Å². The lowest BCUT2D eigenvalue weighted by Gasteiger charge is -2.31. The highest BCUT2D eigenvalue weighted by Gasteiger charge is 2.46. The quantitative estimate of drug-likeness (QED) is 0.515. The Morgan fingerprint density at radius 1 is 1.18 bits per heavy atom. The lowest BCUT2D eigenvalue weighted by atomic mass is 9.85. The summed E-state index contributed by atoms with van der Waals surface area (Å²) >= 11 is 0. The van der Waals surface area contributed by atoms with Crippen LogP contribution in [0.25, 0.3) is 5.57 Å². The van der Waals surface area contributed by atoms with E-state index in [0.29, 0.717) is 6.07 Å². The Balaban J connectivity index is 2.29. The van der Waals surface area contributed by atoms with Gasteiger partial charge in [-0.05, 0) is 39.0 Å². The van der Waals surface area contributed by atoms with Gasteiger partial charge in [0, 0.05) is 28.8 Å². The maximum atomic E-state index is 13.8. The zero-order valence-corrected chi connectivity index (χ0v) is 18.5. The van der Waals surface area contributed by atoms with Crippen LogP contribution in [0.1, 0.15) is 61.9 Å². The summed E-state index contributed by atoms with van der Waals surface area (Å²) in [5.74, 6) is -4.31. The Hall–Kier alpha value is -3.24. The molecule has 1 aliphatic heterocycles. The lowest BCUT2D eigenvalue weighted by molar-refractivity contribution is -0.142. The van der Waals surface area contributed by atoms with Crippen molar-refractivity contribution in [3.63, 3.8) is 0 Å². The van der Waals surface area contributed by atoms with Crippen LogP contribution in [0.15, 0.2) is 23.9 Å². The molecule has 1 N–H and O–H groups in total. The Labute approximate surface area is 186 Å². The molecule has 2 heterocycles. The van der Waals surface area contributed by atoms with Crippen molar-refractivity contribution in [2.75, 3.05) is 6.54 Å². The number of hydrogen-bond donors (Lipinski definition) is 1. The van der Waals surface area contributed by atoms with Crippen LogP contribution >= 0.6 is 0 Å². The van der Waals surface area contributed by atoms with Crippen LogP contribution in [0.4, 0.5) is 22.0 Å². The molecular formula is C22H22F5N3O3. The molecule has 0 fully saturated rings. The van der Waals surface area contributed by atoms with E-state index < -0.39 is 58.0 Å². The van der Waals surface area contributed by atoms with Gasteiger partial charge in [0.25, 0.3) is 5.91 Å². The van der Waals surface area contributed by atoms with E-state index in [4.69, 9.17) is 4.74 Å². The van der Waals surface area contributed by atoms with Gasteiger partial charge in [-0.15, -0.1) is 0 Å². The minimum absolute atomic E-state index is 0.00883. The molecule has 0 aliphatic carbocycles. The minimum atomic E-state index is -4.90. The van der Waals surface area contributed by atoms with Crippen molar-refractivity contribution in [3.05, 3.63) is 58.0 Å². The van der Waals surface area contributed by atoms with Crippen molar-refractivity contribution in [2.45, 2.75) is 52.3 Å². The standard InChI is InChI=1S/C22H22F5N3O3/c1-10(2)33-20(32)15-11(3)30(19(31)12-6-7-13(23)14(24)8-12)9-21(4,5)17-16(15)18(29-28-17)22(25,26)27/h6-8,10H,9H2,1-5H3,(H,28,29). The van der Waals surface area contributed by atoms with Crippen molar-refractivity contribution in [1.29, 1.82) is 0 Å². The van der Waals surface area contributed by atoms with Gasteiger partial charge in [0.2, 0.25) is 0 Å². The van der Waals surface area contributed by atoms with Crippen molar-refractivity contribution in [2.24, 2.45) is 0 Å². The molecule has 3 rings (SSSR count). The Morgan fingerprint density at radius 2 is 1.82 bits per heavy atom. The molecule has 0 bridgehead atoms. The number of aromatic nitrogens is 2. The summed E-state index contributed by atoms with van der Waals surface area (Å²) in [5, 5.41) is 5.79. The third kappa shape index (κ3) is 4.49. The summed E-state index contributed by atoms with van der Waals surface area (Å²) in [4.78, 5) is 27.3. The summed E-state index contributed by atoms with van der Waals surface area (Å²) in [5.41, 5.74) is -3.82. The number of aromatic amines is 1. The maximum Gasteiger partial charge on any atom is 0.435 e. The first-order valence-electron chi connectivity index (χ1n) is 10.00. The third-order valence-corrected chi connectivity index (χ3v) is 5.24. The van der Waals surface area contributed by atoms with Crippen LogP contribution in [0.2, 0.25) is 0 Å². The third-order valence-electron chi connectivity index (χ3n) is 5.24. The molecule has 1 aromatic heterocycles. The first-order valence-corrected chi connectivity index (χ1v) is 10.00. The van der Waals surface area contributed by atoms with Gasteiger partial charge in [-0.3, -0.25) is 9.89 Å². The van der Waals surface area contributed by atoms with Gasteiger partial charge in [0.05, 0.1) is 17.4 Å². The highest BCUT2D eigenvalue weighted by atomic mass is 19.4. The number of alkyl halides is 3. The zero-order chi connectivity index (χ0) is 24.9. The summed E-state index contributed by atoms with van der Waals surface area (Å²) in [6.45, 7) is 7.31. The number of ether oxygens (including phenoxy) is 1. The summed E-state index contributed by atoms with van der Waals surface area (Å²) < 4.78 is 73.7.